The molecule has 0 aromatic heterocycles. The second-order valence-corrected chi connectivity index (χ2v) is 6.11. The number of aryl methyl sites for hydroxylation is 1. The van der Waals surface area contributed by atoms with Gasteiger partial charge in [0, 0.05) is 6.42 Å². The van der Waals surface area contributed by atoms with Crippen LogP contribution < -0.4 is 4.74 Å². The number of hydrogen-bond acceptors (Lipinski definition) is 4. The molecular weight excluding hydrogens is 278 g/mol. The lowest BCUT2D eigenvalue weighted by atomic mass is 9.89. The average Bonchev–Trinajstić information content (AvgIpc) is 2.29. The number of methoxy groups -OCH3 is 1. The standard InChI is InChI=1S/C12H14F2O4S/c1-17-12-10(13)5-7-3-4-8(18-19(2,15)16)6-9(7)11(12)14/h5,8H,3-4,6H2,1-2H3. The van der Waals surface area contributed by atoms with Crippen LogP contribution in [0.4, 0.5) is 8.78 Å². The lowest BCUT2D eigenvalue weighted by Gasteiger charge is -2.25. The third-order valence-corrected chi connectivity index (χ3v) is 3.67. The molecule has 0 spiro atoms. The molecule has 0 heterocycles. The molecule has 0 fully saturated rings. The Kier molecular flexibility index (Phi) is 3.78. The molecule has 106 valence electrons. The van der Waals surface area contributed by atoms with E-state index in [0.29, 0.717) is 18.4 Å². The lowest BCUT2D eigenvalue weighted by molar-refractivity contribution is 0.191. The molecule has 0 aliphatic heterocycles. The van der Waals surface area contributed by atoms with E-state index < -0.39 is 33.6 Å². The second kappa shape index (κ2) is 5.05. The van der Waals surface area contributed by atoms with Crippen molar-refractivity contribution in [1.82, 2.24) is 0 Å². The molecule has 2 rings (SSSR count). The van der Waals surface area contributed by atoms with E-state index in [4.69, 9.17) is 4.18 Å². The summed E-state index contributed by atoms with van der Waals surface area (Å²) < 4.78 is 59.2. The van der Waals surface area contributed by atoms with Crippen molar-refractivity contribution in [2.45, 2.75) is 25.4 Å². The molecule has 4 nitrogen and oxygen atoms in total. The van der Waals surface area contributed by atoms with Crippen LogP contribution in [-0.2, 0) is 27.1 Å². The molecule has 7 heteroatoms. The maximum atomic E-state index is 14.1. The highest BCUT2D eigenvalue weighted by Crippen LogP contribution is 2.33. The van der Waals surface area contributed by atoms with Crippen LogP contribution in [0.15, 0.2) is 6.07 Å². The van der Waals surface area contributed by atoms with Gasteiger partial charge < -0.3 is 4.74 Å². The van der Waals surface area contributed by atoms with Crippen molar-refractivity contribution in [3.8, 4) is 5.75 Å². The molecule has 1 aliphatic rings. The van der Waals surface area contributed by atoms with E-state index in [2.05, 4.69) is 4.74 Å². The van der Waals surface area contributed by atoms with E-state index in [1.165, 1.54) is 13.2 Å². The molecule has 1 aliphatic carbocycles. The van der Waals surface area contributed by atoms with Gasteiger partial charge in [0.05, 0.1) is 19.5 Å². The molecule has 1 unspecified atom stereocenters. The van der Waals surface area contributed by atoms with Crippen LogP contribution in [0, 0.1) is 11.6 Å². The highest BCUT2D eigenvalue weighted by Gasteiger charge is 2.28. The van der Waals surface area contributed by atoms with Crippen molar-refractivity contribution in [2.24, 2.45) is 0 Å². The Labute approximate surface area is 110 Å². The number of benzene rings is 1. The maximum Gasteiger partial charge on any atom is 0.264 e. The minimum Gasteiger partial charge on any atom is -0.491 e. The van der Waals surface area contributed by atoms with E-state index in [-0.39, 0.29) is 12.0 Å². The fraction of sp³-hybridized carbons (Fsp3) is 0.500. The number of hydrogen-bond donors (Lipinski definition) is 0. The van der Waals surface area contributed by atoms with Crippen molar-refractivity contribution >= 4 is 10.1 Å². The van der Waals surface area contributed by atoms with E-state index in [1.807, 2.05) is 0 Å². The van der Waals surface area contributed by atoms with Crippen LogP contribution in [-0.4, -0.2) is 27.9 Å². The molecule has 1 atom stereocenters. The number of rotatable bonds is 3. The minimum atomic E-state index is -3.59. The Balaban J connectivity index is 2.34. The monoisotopic (exact) mass is 292 g/mol. The van der Waals surface area contributed by atoms with Crippen LogP contribution in [0.2, 0.25) is 0 Å². The largest absolute Gasteiger partial charge is 0.491 e. The molecule has 0 radical (unpaired) electrons. The summed E-state index contributed by atoms with van der Waals surface area (Å²) >= 11 is 0. The first-order chi connectivity index (χ1) is 8.81. The first kappa shape index (κ1) is 14.2. The molecule has 0 N–H and O–H groups in total. The molecule has 1 aromatic rings. The lowest BCUT2D eigenvalue weighted by Crippen LogP contribution is -2.26. The maximum absolute atomic E-state index is 14.1. The SMILES string of the molecule is COc1c(F)cc2c(c1F)CC(OS(C)(=O)=O)CC2. The summed E-state index contributed by atoms with van der Waals surface area (Å²) in [5.74, 6) is -1.97. The Morgan fingerprint density at radius 2 is 2.05 bits per heavy atom. The zero-order chi connectivity index (χ0) is 14.2. The van der Waals surface area contributed by atoms with Crippen molar-refractivity contribution in [3.63, 3.8) is 0 Å². The van der Waals surface area contributed by atoms with Crippen LogP contribution in [0.25, 0.3) is 0 Å². The molecular formula is C12H14F2O4S. The normalized spacial score (nSPS) is 19.1. The van der Waals surface area contributed by atoms with Gasteiger partial charge in [-0.05, 0) is 30.0 Å². The third kappa shape index (κ3) is 3.03. The van der Waals surface area contributed by atoms with E-state index in [0.717, 1.165) is 6.26 Å². The Morgan fingerprint density at radius 3 is 2.63 bits per heavy atom. The molecule has 0 amide bonds. The first-order valence-corrected chi connectivity index (χ1v) is 7.55. The molecule has 0 saturated heterocycles. The van der Waals surface area contributed by atoms with Gasteiger partial charge in [-0.15, -0.1) is 0 Å². The van der Waals surface area contributed by atoms with Gasteiger partial charge in [-0.25, -0.2) is 8.78 Å². The second-order valence-electron chi connectivity index (χ2n) is 4.51. The zero-order valence-corrected chi connectivity index (χ0v) is 11.4. The summed E-state index contributed by atoms with van der Waals surface area (Å²) in [6, 6.07) is 1.23. The summed E-state index contributed by atoms with van der Waals surface area (Å²) in [6.07, 6.45) is 1.19. The first-order valence-electron chi connectivity index (χ1n) is 5.74. The Bertz CT molecular complexity index is 598. The van der Waals surface area contributed by atoms with Crippen LogP contribution in [0.5, 0.6) is 5.75 Å². The van der Waals surface area contributed by atoms with Gasteiger partial charge in [0.1, 0.15) is 0 Å². The zero-order valence-electron chi connectivity index (χ0n) is 10.6. The Hall–Kier alpha value is -1.21. The summed E-state index contributed by atoms with van der Waals surface area (Å²) in [5.41, 5.74) is 0.794. The Morgan fingerprint density at radius 1 is 1.37 bits per heavy atom. The highest BCUT2D eigenvalue weighted by atomic mass is 32.2. The summed E-state index contributed by atoms with van der Waals surface area (Å²) in [7, 11) is -2.41. The number of ether oxygens (including phenoxy) is 1. The van der Waals surface area contributed by atoms with E-state index in [9.17, 15) is 17.2 Å². The topological polar surface area (TPSA) is 52.6 Å². The summed E-state index contributed by atoms with van der Waals surface area (Å²) in [4.78, 5) is 0. The van der Waals surface area contributed by atoms with Gasteiger partial charge in [-0.1, -0.05) is 0 Å². The van der Waals surface area contributed by atoms with E-state index in [1.54, 1.807) is 0 Å². The van der Waals surface area contributed by atoms with Crippen LogP contribution in [0.3, 0.4) is 0 Å². The van der Waals surface area contributed by atoms with Gasteiger partial charge in [-0.2, -0.15) is 8.42 Å². The van der Waals surface area contributed by atoms with Gasteiger partial charge >= 0.3 is 0 Å². The fourth-order valence-electron chi connectivity index (χ4n) is 2.29. The quantitative estimate of drug-likeness (QED) is 0.797. The third-order valence-electron chi connectivity index (χ3n) is 3.05. The predicted molar refractivity (Wildman–Crippen MR) is 64.7 cm³/mol. The van der Waals surface area contributed by atoms with Gasteiger partial charge in [0.2, 0.25) is 0 Å². The molecule has 0 bridgehead atoms. The summed E-state index contributed by atoms with van der Waals surface area (Å²) in [5, 5.41) is 0. The molecule has 0 saturated carbocycles. The van der Waals surface area contributed by atoms with Crippen molar-refractivity contribution in [2.75, 3.05) is 13.4 Å². The predicted octanol–water partition coefficient (Wildman–Crippen LogP) is 1.81. The highest BCUT2D eigenvalue weighted by molar-refractivity contribution is 7.86. The van der Waals surface area contributed by atoms with Crippen molar-refractivity contribution in [1.29, 1.82) is 0 Å². The van der Waals surface area contributed by atoms with Crippen molar-refractivity contribution < 1.29 is 26.1 Å². The average molecular weight is 292 g/mol. The van der Waals surface area contributed by atoms with Crippen LogP contribution in [0.1, 0.15) is 17.5 Å². The smallest absolute Gasteiger partial charge is 0.264 e. The fourth-order valence-corrected chi connectivity index (χ4v) is 2.95. The minimum absolute atomic E-state index is 0.0882. The molecule has 19 heavy (non-hydrogen) atoms. The van der Waals surface area contributed by atoms with Gasteiger partial charge in [-0.3, -0.25) is 4.18 Å². The number of halogens is 2. The van der Waals surface area contributed by atoms with Gasteiger partial charge in [0.15, 0.2) is 17.4 Å². The van der Waals surface area contributed by atoms with E-state index >= 15 is 0 Å². The van der Waals surface area contributed by atoms with Crippen LogP contribution >= 0.6 is 0 Å². The summed E-state index contributed by atoms with van der Waals surface area (Å²) in [6.45, 7) is 0. The van der Waals surface area contributed by atoms with Crippen molar-refractivity contribution in [3.05, 3.63) is 28.8 Å². The number of fused-ring (bicyclic) bond motifs is 1. The van der Waals surface area contributed by atoms with Gasteiger partial charge in [0.25, 0.3) is 10.1 Å². The molecule has 1 aromatic carbocycles.